The summed E-state index contributed by atoms with van der Waals surface area (Å²) in [7, 11) is 0. The highest BCUT2D eigenvalue weighted by Gasteiger charge is 2.42. The zero-order valence-electron chi connectivity index (χ0n) is 10.2. The summed E-state index contributed by atoms with van der Waals surface area (Å²) in [5, 5.41) is 0. The Labute approximate surface area is 105 Å². The largest absolute Gasteiger partial charge is 0.391 e. The van der Waals surface area contributed by atoms with Crippen molar-refractivity contribution in [3.8, 4) is 0 Å². The molecule has 0 bridgehead atoms. The van der Waals surface area contributed by atoms with Crippen LogP contribution in [0, 0.1) is 5.92 Å². The van der Waals surface area contributed by atoms with Crippen molar-refractivity contribution in [1.82, 2.24) is 0 Å². The summed E-state index contributed by atoms with van der Waals surface area (Å²) in [5.41, 5.74) is 10.3. The van der Waals surface area contributed by atoms with Crippen molar-refractivity contribution in [2.75, 3.05) is 13.2 Å². The van der Waals surface area contributed by atoms with E-state index in [-0.39, 0.29) is 24.9 Å². The molecule has 1 aliphatic carbocycles. The van der Waals surface area contributed by atoms with Gasteiger partial charge in [-0.2, -0.15) is 13.2 Å². The lowest BCUT2D eigenvalue weighted by Gasteiger charge is -2.30. The average molecular weight is 267 g/mol. The topological polar surface area (TPSA) is 73.6 Å². The van der Waals surface area contributed by atoms with Gasteiger partial charge in [0.15, 0.2) is 5.96 Å². The maximum atomic E-state index is 12.5. The average Bonchev–Trinajstić information content (AvgIpc) is 2.27. The van der Waals surface area contributed by atoms with Crippen molar-refractivity contribution < 1.29 is 17.9 Å². The molecule has 4 nitrogen and oxygen atoms in total. The van der Waals surface area contributed by atoms with Crippen LogP contribution in [0.15, 0.2) is 4.99 Å². The molecule has 106 valence electrons. The van der Waals surface area contributed by atoms with Gasteiger partial charge >= 0.3 is 6.18 Å². The van der Waals surface area contributed by atoms with Gasteiger partial charge in [-0.15, -0.1) is 0 Å². The van der Waals surface area contributed by atoms with E-state index in [0.29, 0.717) is 32.4 Å². The van der Waals surface area contributed by atoms with Crippen molar-refractivity contribution in [2.45, 2.75) is 44.4 Å². The fraction of sp³-hybridized carbons (Fsp3) is 0.909. The zero-order chi connectivity index (χ0) is 13.6. The van der Waals surface area contributed by atoms with Gasteiger partial charge in [-0.05, 0) is 25.7 Å². The second-order valence-corrected chi connectivity index (χ2v) is 4.56. The van der Waals surface area contributed by atoms with E-state index in [2.05, 4.69) is 4.99 Å². The van der Waals surface area contributed by atoms with Crippen molar-refractivity contribution in [2.24, 2.45) is 22.4 Å². The van der Waals surface area contributed by atoms with Gasteiger partial charge in [0.1, 0.15) is 0 Å². The van der Waals surface area contributed by atoms with E-state index >= 15 is 0 Å². The summed E-state index contributed by atoms with van der Waals surface area (Å²) in [6.07, 6.45) is -2.20. The van der Waals surface area contributed by atoms with Crippen LogP contribution >= 0.6 is 0 Å². The molecular formula is C11H20F3N3O. The third kappa shape index (κ3) is 5.57. The summed E-state index contributed by atoms with van der Waals surface area (Å²) in [5.74, 6) is -1.20. The van der Waals surface area contributed by atoms with E-state index in [1.165, 1.54) is 0 Å². The molecule has 0 spiro atoms. The third-order valence-corrected chi connectivity index (χ3v) is 3.04. The van der Waals surface area contributed by atoms with Crippen LogP contribution in [0.1, 0.15) is 32.1 Å². The van der Waals surface area contributed by atoms with E-state index in [1.807, 2.05) is 0 Å². The number of ether oxygens (including phenoxy) is 1. The number of aliphatic imine (C=N–C) groups is 1. The van der Waals surface area contributed by atoms with E-state index in [9.17, 15) is 13.2 Å². The second-order valence-electron chi connectivity index (χ2n) is 4.56. The summed E-state index contributed by atoms with van der Waals surface area (Å²) in [4.78, 5) is 3.77. The summed E-state index contributed by atoms with van der Waals surface area (Å²) in [6, 6.07) is 0. The van der Waals surface area contributed by atoms with Crippen LogP contribution in [0.25, 0.3) is 0 Å². The van der Waals surface area contributed by atoms with Gasteiger partial charge in [0, 0.05) is 13.2 Å². The van der Waals surface area contributed by atoms with Gasteiger partial charge in [-0.1, -0.05) is 6.42 Å². The molecule has 0 radical (unpaired) electrons. The summed E-state index contributed by atoms with van der Waals surface area (Å²) >= 11 is 0. The second kappa shape index (κ2) is 6.82. The zero-order valence-corrected chi connectivity index (χ0v) is 10.2. The normalized spacial score (nSPS) is 24.8. The third-order valence-electron chi connectivity index (χ3n) is 3.04. The Bertz CT molecular complexity index is 277. The van der Waals surface area contributed by atoms with Gasteiger partial charge in [0.05, 0.1) is 12.0 Å². The standard InChI is InChI=1S/C11H20F3N3O/c12-11(13,14)8-3-1-4-9(7-8)18-6-2-5-17-10(15)16/h8-9H,1-7H2,(H4,15,16,17)/t8-,9-/m0/s1. The molecule has 0 heterocycles. The van der Waals surface area contributed by atoms with Gasteiger partial charge < -0.3 is 16.2 Å². The van der Waals surface area contributed by atoms with Gasteiger partial charge in [0.25, 0.3) is 0 Å². The molecule has 0 amide bonds. The maximum Gasteiger partial charge on any atom is 0.391 e. The molecule has 0 saturated heterocycles. The number of halogens is 3. The molecule has 0 unspecified atom stereocenters. The van der Waals surface area contributed by atoms with Crippen LogP contribution < -0.4 is 11.5 Å². The van der Waals surface area contributed by atoms with E-state index in [0.717, 1.165) is 0 Å². The Morgan fingerprint density at radius 3 is 2.61 bits per heavy atom. The van der Waals surface area contributed by atoms with Gasteiger partial charge in [0.2, 0.25) is 0 Å². The first kappa shape index (κ1) is 15.1. The smallest absolute Gasteiger partial charge is 0.378 e. The van der Waals surface area contributed by atoms with E-state index < -0.39 is 12.1 Å². The van der Waals surface area contributed by atoms with Crippen LogP contribution in [0.4, 0.5) is 13.2 Å². The summed E-state index contributed by atoms with van der Waals surface area (Å²) in [6.45, 7) is 0.837. The molecule has 0 aliphatic heterocycles. The number of nitrogens with zero attached hydrogens (tertiary/aromatic N) is 1. The number of hydrogen-bond acceptors (Lipinski definition) is 2. The molecule has 1 fully saturated rings. The highest BCUT2D eigenvalue weighted by atomic mass is 19.4. The Morgan fingerprint density at radius 1 is 1.28 bits per heavy atom. The molecule has 2 atom stereocenters. The van der Waals surface area contributed by atoms with Crippen molar-refractivity contribution in [3.63, 3.8) is 0 Å². The van der Waals surface area contributed by atoms with Crippen molar-refractivity contribution in [1.29, 1.82) is 0 Å². The fourth-order valence-corrected chi connectivity index (χ4v) is 2.12. The lowest BCUT2D eigenvalue weighted by Crippen LogP contribution is -2.32. The van der Waals surface area contributed by atoms with E-state index in [4.69, 9.17) is 16.2 Å². The van der Waals surface area contributed by atoms with Crippen LogP contribution in [0.3, 0.4) is 0 Å². The monoisotopic (exact) mass is 267 g/mol. The molecule has 1 aliphatic rings. The molecule has 18 heavy (non-hydrogen) atoms. The van der Waals surface area contributed by atoms with Crippen LogP contribution in [-0.2, 0) is 4.74 Å². The molecule has 0 aromatic carbocycles. The number of guanidine groups is 1. The Hall–Kier alpha value is -0.980. The Kier molecular flexibility index (Phi) is 5.71. The predicted molar refractivity (Wildman–Crippen MR) is 63.0 cm³/mol. The molecule has 1 saturated carbocycles. The van der Waals surface area contributed by atoms with Gasteiger partial charge in [-0.3, -0.25) is 4.99 Å². The number of alkyl halides is 3. The molecule has 7 heteroatoms. The lowest BCUT2D eigenvalue weighted by atomic mass is 9.87. The number of rotatable bonds is 5. The van der Waals surface area contributed by atoms with Crippen molar-refractivity contribution >= 4 is 5.96 Å². The predicted octanol–water partition coefficient (Wildman–Crippen LogP) is 1.79. The SMILES string of the molecule is NC(N)=NCCCO[C@H]1CCC[C@H](C(F)(F)F)C1. The Balaban J connectivity index is 2.20. The first-order valence-corrected chi connectivity index (χ1v) is 6.13. The highest BCUT2D eigenvalue weighted by Crippen LogP contribution is 2.38. The highest BCUT2D eigenvalue weighted by molar-refractivity contribution is 5.75. The quantitative estimate of drug-likeness (QED) is 0.453. The molecule has 0 aromatic rings. The lowest BCUT2D eigenvalue weighted by molar-refractivity contribution is -0.192. The van der Waals surface area contributed by atoms with Crippen molar-refractivity contribution in [3.05, 3.63) is 0 Å². The number of nitrogens with two attached hydrogens (primary N) is 2. The van der Waals surface area contributed by atoms with E-state index in [1.54, 1.807) is 0 Å². The van der Waals surface area contributed by atoms with Crippen LogP contribution in [0.5, 0.6) is 0 Å². The first-order valence-electron chi connectivity index (χ1n) is 6.13. The summed E-state index contributed by atoms with van der Waals surface area (Å²) < 4.78 is 43.1. The minimum Gasteiger partial charge on any atom is -0.378 e. The van der Waals surface area contributed by atoms with Gasteiger partial charge in [-0.25, -0.2) is 0 Å². The number of hydrogen-bond donors (Lipinski definition) is 2. The molecule has 1 rings (SSSR count). The molecular weight excluding hydrogens is 247 g/mol. The Morgan fingerprint density at radius 2 is 2.00 bits per heavy atom. The maximum absolute atomic E-state index is 12.5. The fourth-order valence-electron chi connectivity index (χ4n) is 2.12. The first-order chi connectivity index (χ1) is 8.39. The molecule has 4 N–H and O–H groups in total. The minimum atomic E-state index is -4.10. The van der Waals surface area contributed by atoms with Crippen LogP contribution in [0.2, 0.25) is 0 Å². The minimum absolute atomic E-state index is 0.0183. The molecule has 0 aromatic heterocycles. The van der Waals surface area contributed by atoms with Crippen LogP contribution in [-0.4, -0.2) is 31.4 Å².